The summed E-state index contributed by atoms with van der Waals surface area (Å²) in [5, 5.41) is 5.73. The molecule has 0 atom stereocenters. The predicted molar refractivity (Wildman–Crippen MR) is 76.6 cm³/mol. The average Bonchev–Trinajstić information content (AvgIpc) is 2.97. The Bertz CT molecular complexity index is 482. The Morgan fingerprint density at radius 3 is 2.50 bits per heavy atom. The Hall–Kier alpha value is -1.91. The van der Waals surface area contributed by atoms with Crippen LogP contribution in [0.4, 0.5) is 0 Å². The first-order chi connectivity index (χ1) is 9.70. The number of hydrogen-bond acceptors (Lipinski definition) is 3. The molecule has 5 heteroatoms. The van der Waals surface area contributed by atoms with Gasteiger partial charge in [-0.25, -0.2) is 4.98 Å². The van der Waals surface area contributed by atoms with Crippen LogP contribution >= 0.6 is 0 Å². The second-order valence-corrected chi connectivity index (χ2v) is 5.12. The van der Waals surface area contributed by atoms with Crippen LogP contribution < -0.4 is 10.6 Å². The first-order valence-electron chi connectivity index (χ1n) is 7.27. The molecule has 2 N–H and O–H groups in total. The Balaban J connectivity index is 2.00. The highest BCUT2D eigenvalue weighted by Crippen LogP contribution is 2.17. The van der Waals surface area contributed by atoms with Crippen LogP contribution in [0.25, 0.3) is 0 Å². The predicted octanol–water partition coefficient (Wildman–Crippen LogP) is 1.89. The summed E-state index contributed by atoms with van der Waals surface area (Å²) in [4.78, 5) is 28.0. The van der Waals surface area contributed by atoms with Crippen LogP contribution in [0.2, 0.25) is 0 Å². The highest BCUT2D eigenvalue weighted by atomic mass is 16.2. The number of amides is 2. The quantitative estimate of drug-likeness (QED) is 0.862. The Kier molecular flexibility index (Phi) is 5.09. The van der Waals surface area contributed by atoms with Crippen molar-refractivity contribution in [3.8, 4) is 0 Å². The van der Waals surface area contributed by atoms with Crippen molar-refractivity contribution < 1.29 is 9.59 Å². The van der Waals surface area contributed by atoms with Crippen molar-refractivity contribution in [2.24, 2.45) is 0 Å². The molecular weight excluding hydrogens is 254 g/mol. The minimum atomic E-state index is -0.234. The molecule has 0 aliphatic heterocycles. The molecule has 0 aromatic carbocycles. The smallest absolute Gasteiger partial charge is 0.270 e. The lowest BCUT2D eigenvalue weighted by atomic mass is 10.2. The number of nitrogens with zero attached hydrogens (tertiary/aromatic N) is 1. The fraction of sp³-hybridized carbons (Fsp3) is 0.533. The number of carbonyl (C=O) groups excluding carboxylic acids is 2. The molecule has 0 radical (unpaired) electrons. The molecule has 5 nitrogen and oxygen atoms in total. The van der Waals surface area contributed by atoms with Gasteiger partial charge in [-0.05, 0) is 31.4 Å². The minimum absolute atomic E-state index is 0.193. The third kappa shape index (κ3) is 3.79. The summed E-state index contributed by atoms with van der Waals surface area (Å²) in [6.07, 6.45) is 5.26. The molecule has 20 heavy (non-hydrogen) atoms. The van der Waals surface area contributed by atoms with E-state index >= 15 is 0 Å². The molecule has 108 valence electrons. The van der Waals surface area contributed by atoms with E-state index in [1.807, 2.05) is 6.92 Å². The first-order valence-corrected chi connectivity index (χ1v) is 7.27. The largest absolute Gasteiger partial charge is 0.351 e. The van der Waals surface area contributed by atoms with Gasteiger partial charge in [0.05, 0.1) is 0 Å². The van der Waals surface area contributed by atoms with E-state index in [0.29, 0.717) is 12.2 Å². The molecule has 0 unspecified atom stereocenters. The maximum Gasteiger partial charge on any atom is 0.270 e. The van der Waals surface area contributed by atoms with Gasteiger partial charge in [0.15, 0.2) is 0 Å². The average molecular weight is 275 g/mol. The van der Waals surface area contributed by atoms with E-state index in [4.69, 9.17) is 0 Å². The molecule has 0 bridgehead atoms. The molecule has 2 rings (SSSR count). The van der Waals surface area contributed by atoms with Crippen LogP contribution in [0.1, 0.15) is 60.0 Å². The molecule has 0 spiro atoms. The van der Waals surface area contributed by atoms with Gasteiger partial charge in [0.1, 0.15) is 11.4 Å². The van der Waals surface area contributed by atoms with Gasteiger partial charge in [-0.2, -0.15) is 0 Å². The normalized spacial score (nSPS) is 15.1. The summed E-state index contributed by atoms with van der Waals surface area (Å²) in [7, 11) is 0. The molecule has 1 aromatic rings. The summed E-state index contributed by atoms with van der Waals surface area (Å²) in [6, 6.07) is 5.21. The van der Waals surface area contributed by atoms with Crippen LogP contribution in [0.3, 0.4) is 0 Å². The number of nitrogens with one attached hydrogen (secondary N) is 2. The van der Waals surface area contributed by atoms with Gasteiger partial charge in [-0.3, -0.25) is 9.59 Å². The zero-order chi connectivity index (χ0) is 14.4. The lowest BCUT2D eigenvalue weighted by molar-refractivity contribution is 0.0932. The van der Waals surface area contributed by atoms with Crippen molar-refractivity contribution in [1.29, 1.82) is 0 Å². The second kappa shape index (κ2) is 7.03. The number of hydrogen-bond donors (Lipinski definition) is 2. The van der Waals surface area contributed by atoms with Crippen molar-refractivity contribution in [1.82, 2.24) is 15.6 Å². The maximum absolute atomic E-state index is 12.1. The van der Waals surface area contributed by atoms with E-state index in [1.54, 1.807) is 18.2 Å². The molecule has 0 saturated heterocycles. The summed E-state index contributed by atoms with van der Waals surface area (Å²) in [6.45, 7) is 2.60. The first kappa shape index (κ1) is 14.5. The monoisotopic (exact) mass is 275 g/mol. The summed E-state index contributed by atoms with van der Waals surface area (Å²) < 4.78 is 0. The highest BCUT2D eigenvalue weighted by molar-refractivity contribution is 5.96. The minimum Gasteiger partial charge on any atom is -0.351 e. The molecule has 1 aromatic heterocycles. The molecule has 2 amide bonds. The Morgan fingerprint density at radius 2 is 1.85 bits per heavy atom. The van der Waals surface area contributed by atoms with Crippen molar-refractivity contribution >= 4 is 11.8 Å². The van der Waals surface area contributed by atoms with Crippen molar-refractivity contribution in [3.05, 3.63) is 29.6 Å². The van der Waals surface area contributed by atoms with Gasteiger partial charge in [0, 0.05) is 12.6 Å². The van der Waals surface area contributed by atoms with Gasteiger partial charge in [-0.1, -0.05) is 25.8 Å². The van der Waals surface area contributed by atoms with Gasteiger partial charge in [-0.15, -0.1) is 0 Å². The van der Waals surface area contributed by atoms with Gasteiger partial charge in [0.2, 0.25) is 0 Å². The van der Waals surface area contributed by atoms with E-state index in [0.717, 1.165) is 32.1 Å². The topological polar surface area (TPSA) is 71.1 Å². The van der Waals surface area contributed by atoms with Crippen LogP contribution in [-0.4, -0.2) is 29.4 Å². The van der Waals surface area contributed by atoms with Gasteiger partial charge >= 0.3 is 0 Å². The fourth-order valence-electron chi connectivity index (χ4n) is 2.35. The summed E-state index contributed by atoms with van der Waals surface area (Å²) in [5.74, 6) is -0.426. The van der Waals surface area contributed by atoms with E-state index in [-0.39, 0.29) is 23.6 Å². The van der Waals surface area contributed by atoms with Crippen LogP contribution in [0, 0.1) is 0 Å². The lowest BCUT2D eigenvalue weighted by Crippen LogP contribution is -2.33. The van der Waals surface area contributed by atoms with E-state index < -0.39 is 0 Å². The van der Waals surface area contributed by atoms with Crippen LogP contribution in [0.15, 0.2) is 18.2 Å². The highest BCUT2D eigenvalue weighted by Gasteiger charge is 2.19. The standard InChI is InChI=1S/C15H21N3O2/c1-2-10-16-14(19)12-8-5-9-13(18-12)15(20)17-11-6-3-4-7-11/h5,8-9,11H,2-4,6-7,10H2,1H3,(H,16,19)(H,17,20). The molecular formula is C15H21N3O2. The summed E-state index contributed by atoms with van der Waals surface area (Å²) >= 11 is 0. The molecule has 1 heterocycles. The lowest BCUT2D eigenvalue weighted by Gasteiger charge is -2.11. The van der Waals surface area contributed by atoms with Crippen molar-refractivity contribution in [3.63, 3.8) is 0 Å². The summed E-state index contributed by atoms with van der Waals surface area (Å²) in [5.41, 5.74) is 0.596. The van der Waals surface area contributed by atoms with Crippen LogP contribution in [-0.2, 0) is 0 Å². The van der Waals surface area contributed by atoms with Crippen LogP contribution in [0.5, 0.6) is 0 Å². The number of carbonyl (C=O) groups is 2. The number of aromatic nitrogens is 1. The number of pyridine rings is 1. The second-order valence-electron chi connectivity index (χ2n) is 5.12. The SMILES string of the molecule is CCCNC(=O)c1cccc(C(=O)NC2CCCC2)n1. The van der Waals surface area contributed by atoms with Crippen molar-refractivity contribution in [2.45, 2.75) is 45.1 Å². The number of rotatable bonds is 5. The Morgan fingerprint density at radius 1 is 1.20 bits per heavy atom. The van der Waals surface area contributed by atoms with Gasteiger partial charge < -0.3 is 10.6 Å². The third-order valence-electron chi connectivity index (χ3n) is 3.44. The molecule has 1 aliphatic rings. The zero-order valence-electron chi connectivity index (χ0n) is 11.8. The fourth-order valence-corrected chi connectivity index (χ4v) is 2.35. The van der Waals surface area contributed by atoms with E-state index in [2.05, 4.69) is 15.6 Å². The zero-order valence-corrected chi connectivity index (χ0v) is 11.8. The van der Waals surface area contributed by atoms with E-state index in [1.165, 1.54) is 0 Å². The molecule has 1 aliphatic carbocycles. The van der Waals surface area contributed by atoms with Crippen molar-refractivity contribution in [2.75, 3.05) is 6.54 Å². The molecule has 1 saturated carbocycles. The molecule has 1 fully saturated rings. The maximum atomic E-state index is 12.1. The third-order valence-corrected chi connectivity index (χ3v) is 3.44. The van der Waals surface area contributed by atoms with E-state index in [9.17, 15) is 9.59 Å². The van der Waals surface area contributed by atoms with Gasteiger partial charge in [0.25, 0.3) is 11.8 Å². The Labute approximate surface area is 119 Å².